The Labute approximate surface area is 121 Å². The fourth-order valence-corrected chi connectivity index (χ4v) is 2.93. The van der Waals surface area contributed by atoms with E-state index in [1.165, 1.54) is 19.3 Å². The van der Waals surface area contributed by atoms with Gasteiger partial charge in [0.1, 0.15) is 0 Å². The van der Waals surface area contributed by atoms with Crippen LogP contribution in [0.5, 0.6) is 0 Å². The highest BCUT2D eigenvalue weighted by Crippen LogP contribution is 2.22. The van der Waals surface area contributed by atoms with E-state index in [-0.39, 0.29) is 12.3 Å². The summed E-state index contributed by atoms with van der Waals surface area (Å²) in [5.41, 5.74) is 0. The second-order valence-electron chi connectivity index (χ2n) is 5.47. The molecular weight excluding hydrogens is 256 g/mol. The fourth-order valence-electron chi connectivity index (χ4n) is 2.93. The zero-order valence-corrected chi connectivity index (χ0v) is 12.8. The zero-order chi connectivity index (χ0) is 15.0. The number of hydrogen-bond donors (Lipinski definition) is 1. The van der Waals surface area contributed by atoms with Crippen molar-refractivity contribution in [3.8, 4) is 0 Å². The summed E-state index contributed by atoms with van der Waals surface area (Å²) in [5, 5.41) is 8.87. The molecule has 0 saturated heterocycles. The quantitative estimate of drug-likeness (QED) is 0.740. The lowest BCUT2D eigenvalue weighted by Crippen LogP contribution is -2.46. The van der Waals surface area contributed by atoms with Gasteiger partial charge in [0, 0.05) is 25.7 Å². The van der Waals surface area contributed by atoms with Gasteiger partial charge in [-0.15, -0.1) is 0 Å². The van der Waals surface area contributed by atoms with Crippen molar-refractivity contribution >= 4 is 11.9 Å². The summed E-state index contributed by atoms with van der Waals surface area (Å²) in [6.07, 6.45) is 5.92. The summed E-state index contributed by atoms with van der Waals surface area (Å²) in [6.45, 7) is 6.22. The molecule has 0 aromatic carbocycles. The number of carboxylic acids is 1. The number of carboxylic acid groups (broad SMARTS) is 1. The molecule has 0 aromatic heterocycles. The van der Waals surface area contributed by atoms with E-state index in [0.29, 0.717) is 32.2 Å². The molecule has 0 heterocycles. The maximum absolute atomic E-state index is 12.2. The molecule has 5 heteroatoms. The largest absolute Gasteiger partial charge is 0.481 e. The van der Waals surface area contributed by atoms with Crippen LogP contribution in [0, 0.1) is 0 Å². The summed E-state index contributed by atoms with van der Waals surface area (Å²) in [5.74, 6) is -0.674. The summed E-state index contributed by atoms with van der Waals surface area (Å²) >= 11 is 0. The molecule has 0 aliphatic heterocycles. The van der Waals surface area contributed by atoms with Gasteiger partial charge < -0.3 is 10.0 Å². The van der Waals surface area contributed by atoms with Crippen molar-refractivity contribution in [3.05, 3.63) is 0 Å². The number of carbonyl (C=O) groups excluding carboxylic acids is 1. The van der Waals surface area contributed by atoms with E-state index < -0.39 is 5.97 Å². The molecule has 0 spiro atoms. The predicted octanol–water partition coefficient (Wildman–Crippen LogP) is 1.96. The lowest BCUT2D eigenvalue weighted by molar-refractivity contribution is -0.139. The molecule has 0 atom stereocenters. The minimum atomic E-state index is -0.791. The Hall–Kier alpha value is -1.10. The molecule has 0 radical (unpaired) electrons. The molecule has 1 aliphatic carbocycles. The van der Waals surface area contributed by atoms with E-state index in [1.807, 2.05) is 18.7 Å². The van der Waals surface area contributed by atoms with Gasteiger partial charge in [-0.1, -0.05) is 19.3 Å². The average Bonchev–Trinajstić information content (AvgIpc) is 2.45. The van der Waals surface area contributed by atoms with Crippen LogP contribution in [-0.2, 0) is 9.59 Å². The standard InChI is InChI=1S/C15H28N2O3/c1-3-16(4-2)14(18)12-17(11-10-15(19)20)13-8-6-5-7-9-13/h13H,3-12H2,1-2H3,(H,19,20). The number of nitrogens with zero attached hydrogens (tertiary/aromatic N) is 2. The number of rotatable bonds is 8. The monoisotopic (exact) mass is 284 g/mol. The van der Waals surface area contributed by atoms with E-state index in [2.05, 4.69) is 4.90 Å². The van der Waals surface area contributed by atoms with Crippen LogP contribution in [0.3, 0.4) is 0 Å². The summed E-state index contributed by atoms with van der Waals surface area (Å²) in [4.78, 5) is 26.9. The summed E-state index contributed by atoms with van der Waals surface area (Å²) < 4.78 is 0. The van der Waals surface area contributed by atoms with Crippen molar-refractivity contribution in [2.24, 2.45) is 0 Å². The Kier molecular flexibility index (Phi) is 7.59. The number of amides is 1. The molecule has 5 nitrogen and oxygen atoms in total. The highest BCUT2D eigenvalue weighted by atomic mass is 16.4. The van der Waals surface area contributed by atoms with Crippen LogP contribution in [0.2, 0.25) is 0 Å². The highest BCUT2D eigenvalue weighted by molar-refractivity contribution is 5.78. The first-order valence-electron chi connectivity index (χ1n) is 7.82. The van der Waals surface area contributed by atoms with Crippen molar-refractivity contribution in [1.29, 1.82) is 0 Å². The molecular formula is C15H28N2O3. The van der Waals surface area contributed by atoms with Gasteiger partial charge in [0.2, 0.25) is 5.91 Å². The topological polar surface area (TPSA) is 60.9 Å². The number of likely N-dealkylation sites (N-methyl/N-ethyl adjacent to an activating group) is 1. The minimum absolute atomic E-state index is 0.113. The van der Waals surface area contributed by atoms with E-state index in [9.17, 15) is 9.59 Å². The average molecular weight is 284 g/mol. The molecule has 1 amide bonds. The van der Waals surface area contributed by atoms with Gasteiger partial charge in [0.15, 0.2) is 0 Å². The van der Waals surface area contributed by atoms with Gasteiger partial charge in [-0.2, -0.15) is 0 Å². The van der Waals surface area contributed by atoms with Crippen LogP contribution in [0.25, 0.3) is 0 Å². The van der Waals surface area contributed by atoms with Crippen LogP contribution in [0.1, 0.15) is 52.4 Å². The maximum Gasteiger partial charge on any atom is 0.304 e. The van der Waals surface area contributed by atoms with Crippen molar-refractivity contribution in [2.75, 3.05) is 26.2 Å². The summed E-state index contributed by atoms with van der Waals surface area (Å²) in [7, 11) is 0. The molecule has 0 bridgehead atoms. The third-order valence-corrected chi connectivity index (χ3v) is 4.16. The van der Waals surface area contributed by atoms with E-state index in [0.717, 1.165) is 12.8 Å². The smallest absolute Gasteiger partial charge is 0.304 e. The Morgan fingerprint density at radius 3 is 2.20 bits per heavy atom. The van der Waals surface area contributed by atoms with Crippen LogP contribution in [-0.4, -0.2) is 59.0 Å². The number of aliphatic carboxylic acids is 1. The van der Waals surface area contributed by atoms with Crippen LogP contribution < -0.4 is 0 Å². The Bertz CT molecular complexity index is 310. The van der Waals surface area contributed by atoms with E-state index in [4.69, 9.17) is 5.11 Å². The van der Waals surface area contributed by atoms with Gasteiger partial charge in [-0.3, -0.25) is 14.5 Å². The fraction of sp³-hybridized carbons (Fsp3) is 0.867. The molecule has 1 saturated carbocycles. The molecule has 116 valence electrons. The van der Waals surface area contributed by atoms with E-state index >= 15 is 0 Å². The second-order valence-corrected chi connectivity index (χ2v) is 5.47. The first-order chi connectivity index (χ1) is 9.58. The van der Waals surface area contributed by atoms with Crippen LogP contribution in [0.15, 0.2) is 0 Å². The first kappa shape index (κ1) is 17.0. The van der Waals surface area contributed by atoms with Crippen molar-refractivity contribution in [1.82, 2.24) is 9.80 Å². The normalized spacial score (nSPS) is 16.4. The molecule has 0 aromatic rings. The molecule has 1 rings (SSSR count). The number of hydrogen-bond acceptors (Lipinski definition) is 3. The Balaban J connectivity index is 2.60. The van der Waals surface area contributed by atoms with Crippen molar-refractivity contribution in [2.45, 2.75) is 58.4 Å². The first-order valence-corrected chi connectivity index (χ1v) is 7.82. The third kappa shape index (κ3) is 5.49. The number of carbonyl (C=O) groups is 2. The van der Waals surface area contributed by atoms with Gasteiger partial charge in [-0.25, -0.2) is 0 Å². The van der Waals surface area contributed by atoms with Gasteiger partial charge in [0.05, 0.1) is 13.0 Å². The highest BCUT2D eigenvalue weighted by Gasteiger charge is 2.24. The van der Waals surface area contributed by atoms with Crippen LogP contribution >= 0.6 is 0 Å². The van der Waals surface area contributed by atoms with E-state index in [1.54, 1.807) is 0 Å². The maximum atomic E-state index is 12.2. The zero-order valence-electron chi connectivity index (χ0n) is 12.8. The second kappa shape index (κ2) is 8.95. The lowest BCUT2D eigenvalue weighted by Gasteiger charge is -2.34. The van der Waals surface area contributed by atoms with Crippen molar-refractivity contribution in [3.63, 3.8) is 0 Å². The van der Waals surface area contributed by atoms with Gasteiger partial charge >= 0.3 is 5.97 Å². The predicted molar refractivity (Wildman–Crippen MR) is 78.6 cm³/mol. The third-order valence-electron chi connectivity index (χ3n) is 4.16. The molecule has 1 aliphatic rings. The Morgan fingerprint density at radius 1 is 1.10 bits per heavy atom. The Morgan fingerprint density at radius 2 is 1.70 bits per heavy atom. The molecule has 1 fully saturated rings. The van der Waals surface area contributed by atoms with Crippen molar-refractivity contribution < 1.29 is 14.7 Å². The summed E-state index contributed by atoms with van der Waals surface area (Å²) in [6, 6.07) is 0.377. The minimum Gasteiger partial charge on any atom is -0.481 e. The SMILES string of the molecule is CCN(CC)C(=O)CN(CCC(=O)O)C1CCCCC1. The molecule has 20 heavy (non-hydrogen) atoms. The molecule has 1 N–H and O–H groups in total. The molecule has 0 unspecified atom stereocenters. The van der Waals surface area contributed by atoms with Crippen LogP contribution in [0.4, 0.5) is 0 Å². The lowest BCUT2D eigenvalue weighted by atomic mass is 9.94. The van der Waals surface area contributed by atoms with Gasteiger partial charge in [0.25, 0.3) is 0 Å². The van der Waals surface area contributed by atoms with Gasteiger partial charge in [-0.05, 0) is 26.7 Å².